The van der Waals surface area contributed by atoms with Crippen molar-refractivity contribution in [2.45, 2.75) is 0 Å². The molecule has 2 amide bonds. The number of para-hydroxylation sites is 1. The number of anilines is 2. The van der Waals surface area contributed by atoms with Crippen molar-refractivity contribution < 1.29 is 15.0 Å². The van der Waals surface area contributed by atoms with Crippen LogP contribution >= 0.6 is 12.8 Å². The van der Waals surface area contributed by atoms with Crippen molar-refractivity contribution in [3.05, 3.63) is 48.5 Å². The van der Waals surface area contributed by atoms with E-state index in [0.29, 0.717) is 5.69 Å². The Morgan fingerprint density at radius 2 is 1.79 bits per heavy atom. The van der Waals surface area contributed by atoms with Gasteiger partial charge in [0, 0.05) is 11.8 Å². The number of thiol groups is 1. The third kappa shape index (κ3) is 3.11. The molecule has 0 heterocycles. The van der Waals surface area contributed by atoms with E-state index in [2.05, 4.69) is 18.1 Å². The second-order valence-corrected chi connectivity index (χ2v) is 4.18. The Morgan fingerprint density at radius 3 is 2.42 bits per heavy atom. The van der Waals surface area contributed by atoms with Gasteiger partial charge in [-0.1, -0.05) is 31.0 Å². The van der Waals surface area contributed by atoms with Gasteiger partial charge >= 0.3 is 6.03 Å². The summed E-state index contributed by atoms with van der Waals surface area (Å²) in [6, 6.07) is 12.2. The number of urea groups is 1. The van der Waals surface area contributed by atoms with Gasteiger partial charge in [0.15, 0.2) is 0 Å². The van der Waals surface area contributed by atoms with Crippen molar-refractivity contribution in [1.29, 1.82) is 0 Å². The van der Waals surface area contributed by atoms with Gasteiger partial charge in [-0.15, -0.1) is 0 Å². The van der Waals surface area contributed by atoms with Gasteiger partial charge in [0.2, 0.25) is 0 Å². The van der Waals surface area contributed by atoms with Crippen LogP contribution in [-0.2, 0) is 0 Å². The molecule has 2 aromatic carbocycles. The molecular weight excluding hydrogens is 264 g/mol. The number of carbonyl (C=O) groups is 1. The van der Waals surface area contributed by atoms with Gasteiger partial charge in [-0.25, -0.2) is 9.10 Å². The lowest BCUT2D eigenvalue weighted by molar-refractivity contribution is 0.260. The molecule has 0 bridgehead atoms. The molecule has 0 aliphatic rings. The highest BCUT2D eigenvalue weighted by Gasteiger charge is 2.16. The maximum Gasteiger partial charge on any atom is 0.336 e. The molecule has 0 saturated heterocycles. The minimum Gasteiger partial charge on any atom is -0.508 e. The monoisotopic (exact) mass is 276 g/mol. The van der Waals surface area contributed by atoms with Crippen LogP contribution < -0.4 is 9.62 Å². The van der Waals surface area contributed by atoms with E-state index >= 15 is 0 Å². The first kappa shape index (κ1) is 13.1. The van der Waals surface area contributed by atoms with Crippen molar-refractivity contribution in [3.63, 3.8) is 0 Å². The number of nitrogens with one attached hydrogen (secondary N) is 1. The third-order valence-electron chi connectivity index (χ3n) is 2.40. The van der Waals surface area contributed by atoms with Crippen LogP contribution in [0.1, 0.15) is 0 Å². The number of nitrogens with zero attached hydrogens (tertiary/aromatic N) is 1. The minimum absolute atomic E-state index is 0.0912. The Balaban J connectivity index is 2.15. The molecule has 0 aliphatic heterocycles. The number of hydrogen-bond donors (Lipinski definition) is 4. The summed E-state index contributed by atoms with van der Waals surface area (Å²) < 4.78 is 0.960. The lowest BCUT2D eigenvalue weighted by atomic mass is 10.3. The second kappa shape index (κ2) is 5.53. The van der Waals surface area contributed by atoms with Gasteiger partial charge < -0.3 is 15.5 Å². The van der Waals surface area contributed by atoms with Gasteiger partial charge in [-0.2, -0.15) is 0 Å². The molecule has 0 aromatic heterocycles. The number of aromatic hydroxyl groups is 2. The number of rotatable bonds is 2. The first-order valence-electron chi connectivity index (χ1n) is 5.45. The van der Waals surface area contributed by atoms with Crippen molar-refractivity contribution in [3.8, 4) is 11.5 Å². The number of hydrogen-bond acceptors (Lipinski definition) is 4. The molecule has 0 unspecified atom stereocenters. The average Bonchev–Trinajstić information content (AvgIpc) is 2.39. The molecule has 0 radical (unpaired) electrons. The lowest BCUT2D eigenvalue weighted by Crippen LogP contribution is -2.26. The predicted molar refractivity (Wildman–Crippen MR) is 76.7 cm³/mol. The maximum absolute atomic E-state index is 11.9. The van der Waals surface area contributed by atoms with Gasteiger partial charge in [0.05, 0.1) is 5.69 Å². The summed E-state index contributed by atoms with van der Waals surface area (Å²) in [5.74, 6) is -0.329. The molecule has 98 valence electrons. The third-order valence-corrected chi connectivity index (χ3v) is 2.80. The minimum atomic E-state index is -0.518. The van der Waals surface area contributed by atoms with Crippen LogP contribution in [0, 0.1) is 0 Å². The topological polar surface area (TPSA) is 72.8 Å². The molecular formula is C13H12N2O3S. The Bertz CT molecular complexity index is 590. The highest BCUT2D eigenvalue weighted by molar-refractivity contribution is 7.82. The van der Waals surface area contributed by atoms with Gasteiger partial charge in [-0.3, -0.25) is 0 Å². The molecule has 2 aromatic rings. The summed E-state index contributed by atoms with van der Waals surface area (Å²) in [7, 11) is 0. The summed E-state index contributed by atoms with van der Waals surface area (Å²) in [5.41, 5.74) is 0.791. The smallest absolute Gasteiger partial charge is 0.336 e. The van der Waals surface area contributed by atoms with Crippen LogP contribution in [0.5, 0.6) is 11.5 Å². The number of benzene rings is 2. The molecule has 0 saturated carbocycles. The van der Waals surface area contributed by atoms with E-state index in [4.69, 9.17) is 0 Å². The predicted octanol–water partition coefficient (Wildman–Crippen LogP) is 2.98. The van der Waals surface area contributed by atoms with E-state index in [1.54, 1.807) is 24.3 Å². The number of amides is 2. The first-order valence-corrected chi connectivity index (χ1v) is 5.85. The Morgan fingerprint density at radius 1 is 1.11 bits per heavy atom. The highest BCUT2D eigenvalue weighted by atomic mass is 32.1. The maximum atomic E-state index is 11.9. The summed E-state index contributed by atoms with van der Waals surface area (Å²) in [6.45, 7) is 0. The zero-order chi connectivity index (χ0) is 13.8. The summed E-state index contributed by atoms with van der Waals surface area (Å²) in [6.07, 6.45) is 0. The SMILES string of the molecule is O=C(Nc1ccccc1)N(S)c1ccc(O)cc1O. The summed E-state index contributed by atoms with van der Waals surface area (Å²) >= 11 is 4.03. The van der Waals surface area contributed by atoms with Crippen LogP contribution in [0.15, 0.2) is 48.5 Å². The van der Waals surface area contributed by atoms with Gasteiger partial charge in [0.25, 0.3) is 0 Å². The zero-order valence-electron chi connectivity index (χ0n) is 9.82. The fraction of sp³-hybridized carbons (Fsp3) is 0. The molecule has 6 heteroatoms. The van der Waals surface area contributed by atoms with Gasteiger partial charge in [0.1, 0.15) is 11.5 Å². The molecule has 5 nitrogen and oxygen atoms in total. The quantitative estimate of drug-likeness (QED) is 0.637. The van der Waals surface area contributed by atoms with E-state index in [9.17, 15) is 15.0 Å². The van der Waals surface area contributed by atoms with Crippen molar-refractivity contribution >= 4 is 30.2 Å². The van der Waals surface area contributed by atoms with Gasteiger partial charge in [-0.05, 0) is 24.3 Å². The van der Waals surface area contributed by atoms with Crippen LogP contribution in [0.25, 0.3) is 0 Å². The molecule has 19 heavy (non-hydrogen) atoms. The average molecular weight is 276 g/mol. The normalized spacial score (nSPS) is 9.95. The fourth-order valence-electron chi connectivity index (χ4n) is 1.50. The molecule has 0 atom stereocenters. The lowest BCUT2D eigenvalue weighted by Gasteiger charge is -2.17. The number of phenolic OH excluding ortho intramolecular Hbond substituents is 2. The molecule has 0 aliphatic carbocycles. The van der Waals surface area contributed by atoms with Crippen LogP contribution in [-0.4, -0.2) is 16.2 Å². The number of phenols is 2. The highest BCUT2D eigenvalue weighted by Crippen LogP contribution is 2.32. The Hall–Kier alpha value is -2.34. The Kier molecular flexibility index (Phi) is 3.82. The van der Waals surface area contributed by atoms with Crippen molar-refractivity contribution in [2.24, 2.45) is 0 Å². The molecule has 2 rings (SSSR count). The molecule has 3 N–H and O–H groups in total. The summed E-state index contributed by atoms with van der Waals surface area (Å²) in [5, 5.41) is 21.5. The van der Waals surface area contributed by atoms with Crippen LogP contribution in [0.4, 0.5) is 16.2 Å². The van der Waals surface area contributed by atoms with E-state index in [0.717, 1.165) is 10.4 Å². The standard InChI is InChI=1S/C13H12N2O3S/c16-10-6-7-11(12(17)8-10)15(19)13(18)14-9-4-2-1-3-5-9/h1-8,16-17,19H,(H,14,18). The number of carbonyl (C=O) groups excluding carboxylic acids is 1. The largest absolute Gasteiger partial charge is 0.508 e. The summed E-state index contributed by atoms with van der Waals surface area (Å²) in [4.78, 5) is 11.9. The van der Waals surface area contributed by atoms with E-state index in [-0.39, 0.29) is 17.2 Å². The van der Waals surface area contributed by atoms with Crippen LogP contribution in [0.2, 0.25) is 0 Å². The second-order valence-electron chi connectivity index (χ2n) is 3.78. The van der Waals surface area contributed by atoms with Crippen molar-refractivity contribution in [2.75, 3.05) is 9.62 Å². The van der Waals surface area contributed by atoms with E-state index < -0.39 is 6.03 Å². The Labute approximate surface area is 115 Å². The first-order chi connectivity index (χ1) is 9.08. The molecule has 0 spiro atoms. The molecule has 0 fully saturated rings. The zero-order valence-corrected chi connectivity index (χ0v) is 10.7. The van der Waals surface area contributed by atoms with Crippen molar-refractivity contribution in [1.82, 2.24) is 0 Å². The van der Waals surface area contributed by atoms with E-state index in [1.165, 1.54) is 12.1 Å². The van der Waals surface area contributed by atoms with E-state index in [1.807, 2.05) is 6.07 Å². The fourth-order valence-corrected chi connectivity index (χ4v) is 1.72. The van der Waals surface area contributed by atoms with Crippen LogP contribution in [0.3, 0.4) is 0 Å².